The summed E-state index contributed by atoms with van der Waals surface area (Å²) in [5.74, 6) is 0. The van der Waals surface area contributed by atoms with Crippen molar-refractivity contribution in [2.24, 2.45) is 0 Å². The predicted octanol–water partition coefficient (Wildman–Crippen LogP) is 5.32. The Kier molecular flexibility index (Phi) is 7.99. The second-order valence-corrected chi connectivity index (χ2v) is 5.69. The summed E-state index contributed by atoms with van der Waals surface area (Å²) in [6.45, 7) is 5.50. The molecule has 0 aliphatic heterocycles. The minimum atomic E-state index is 0. The number of hydrogen-bond donors (Lipinski definition) is 1. The largest absolute Gasteiger partial charge is 0.310 e. The van der Waals surface area contributed by atoms with Crippen LogP contribution in [0.15, 0.2) is 36.7 Å². The van der Waals surface area contributed by atoms with E-state index in [2.05, 4.69) is 48.4 Å². The predicted molar refractivity (Wildman–Crippen MR) is 93.5 cm³/mol. The minimum absolute atomic E-state index is 0. The smallest absolute Gasteiger partial charge is 0.0346 e. The fourth-order valence-electron chi connectivity index (χ4n) is 2.51. The Hall–Kier alpha value is -1.41. The molecule has 0 saturated heterocycles. The van der Waals surface area contributed by atoms with Crippen molar-refractivity contribution in [2.45, 2.75) is 66.0 Å². The lowest BCUT2D eigenvalue weighted by atomic mass is 10.1. The van der Waals surface area contributed by atoms with E-state index in [1.165, 1.54) is 48.4 Å². The Bertz CT molecular complexity index is 522. The van der Waals surface area contributed by atoms with E-state index < -0.39 is 0 Å². The third-order valence-electron chi connectivity index (χ3n) is 3.85. The molecule has 2 aromatic rings. The lowest BCUT2D eigenvalue weighted by Crippen LogP contribution is -2.25. The van der Waals surface area contributed by atoms with Gasteiger partial charge < -0.3 is 5.32 Å². The van der Waals surface area contributed by atoms with Crippen molar-refractivity contribution in [3.8, 4) is 0 Å². The molecule has 0 fully saturated rings. The van der Waals surface area contributed by atoms with Crippen molar-refractivity contribution in [3.63, 3.8) is 0 Å². The molecular formula is C19H30N2. The highest BCUT2D eigenvalue weighted by molar-refractivity contribution is 5.81. The molecule has 1 N–H and O–H groups in total. The Morgan fingerprint density at radius 1 is 1.10 bits per heavy atom. The van der Waals surface area contributed by atoms with E-state index in [-0.39, 0.29) is 7.43 Å². The van der Waals surface area contributed by atoms with E-state index >= 15 is 0 Å². The maximum absolute atomic E-state index is 4.15. The Morgan fingerprint density at radius 2 is 1.95 bits per heavy atom. The first-order valence-electron chi connectivity index (χ1n) is 7.85. The summed E-state index contributed by atoms with van der Waals surface area (Å²) in [5, 5.41) is 6.11. The number of nitrogens with one attached hydrogen (secondary N) is 1. The van der Waals surface area contributed by atoms with Gasteiger partial charge in [0.2, 0.25) is 0 Å². The number of unbranched alkanes of at least 4 members (excludes halogenated alkanes) is 3. The van der Waals surface area contributed by atoms with Gasteiger partial charge in [0.1, 0.15) is 0 Å². The fourth-order valence-corrected chi connectivity index (χ4v) is 2.51. The highest BCUT2D eigenvalue weighted by Gasteiger charge is 2.02. The second-order valence-electron chi connectivity index (χ2n) is 5.69. The molecule has 0 saturated carbocycles. The van der Waals surface area contributed by atoms with Crippen LogP contribution in [0.25, 0.3) is 10.8 Å². The number of fused-ring (bicyclic) bond motifs is 1. The van der Waals surface area contributed by atoms with Crippen LogP contribution in [-0.4, -0.2) is 11.0 Å². The number of rotatable bonds is 8. The summed E-state index contributed by atoms with van der Waals surface area (Å²) < 4.78 is 0. The summed E-state index contributed by atoms with van der Waals surface area (Å²) >= 11 is 0. The lowest BCUT2D eigenvalue weighted by molar-refractivity contribution is 0.483. The van der Waals surface area contributed by atoms with Gasteiger partial charge in [0.15, 0.2) is 0 Å². The normalized spacial score (nSPS) is 12.1. The third-order valence-corrected chi connectivity index (χ3v) is 3.85. The molecule has 0 aliphatic rings. The van der Waals surface area contributed by atoms with Crippen LogP contribution >= 0.6 is 0 Å². The lowest BCUT2D eigenvalue weighted by Gasteiger charge is -2.14. The summed E-state index contributed by atoms with van der Waals surface area (Å²) in [4.78, 5) is 4.15. The van der Waals surface area contributed by atoms with Crippen molar-refractivity contribution < 1.29 is 0 Å². The van der Waals surface area contributed by atoms with Crippen LogP contribution in [0, 0.1) is 0 Å². The van der Waals surface area contributed by atoms with Gasteiger partial charge in [-0.25, -0.2) is 0 Å². The van der Waals surface area contributed by atoms with Crippen molar-refractivity contribution in [2.75, 3.05) is 0 Å². The van der Waals surface area contributed by atoms with Gasteiger partial charge in [0, 0.05) is 30.4 Å². The first kappa shape index (κ1) is 17.6. The molecule has 1 heterocycles. The molecule has 1 aromatic heterocycles. The molecule has 0 unspecified atom stereocenters. The van der Waals surface area contributed by atoms with Gasteiger partial charge in [-0.1, -0.05) is 52.2 Å². The zero-order valence-electron chi connectivity index (χ0n) is 12.7. The van der Waals surface area contributed by atoms with E-state index in [9.17, 15) is 0 Å². The first-order chi connectivity index (χ1) is 9.79. The molecule has 21 heavy (non-hydrogen) atoms. The first-order valence-corrected chi connectivity index (χ1v) is 7.85. The summed E-state index contributed by atoms with van der Waals surface area (Å²) in [7, 11) is 0. The molecule has 1 aromatic carbocycles. The number of pyridine rings is 1. The van der Waals surface area contributed by atoms with E-state index in [0.29, 0.717) is 6.04 Å². The third kappa shape index (κ3) is 5.84. The summed E-state index contributed by atoms with van der Waals surface area (Å²) in [6.07, 6.45) is 10.4. The molecule has 116 valence electrons. The Balaban J connectivity index is 0.00000220. The van der Waals surface area contributed by atoms with Gasteiger partial charge in [-0.3, -0.25) is 4.98 Å². The standard InChI is InChI=1S/C18H26N2.CH4/c1-3-4-5-6-7-15(2)20-13-16-8-9-18-14-19-11-10-17(18)12-16;/h8-12,14-15,20H,3-7,13H2,1-2H3;1H4/t15-;/m0./s1. The van der Waals surface area contributed by atoms with Crippen molar-refractivity contribution in [3.05, 3.63) is 42.2 Å². The molecule has 1 atom stereocenters. The molecule has 2 nitrogen and oxygen atoms in total. The van der Waals surface area contributed by atoms with Gasteiger partial charge in [-0.05, 0) is 36.4 Å². The number of aromatic nitrogens is 1. The summed E-state index contributed by atoms with van der Waals surface area (Å²) in [6, 6.07) is 9.28. The maximum Gasteiger partial charge on any atom is 0.0346 e. The topological polar surface area (TPSA) is 24.9 Å². The van der Waals surface area contributed by atoms with Crippen LogP contribution in [0.4, 0.5) is 0 Å². The van der Waals surface area contributed by atoms with Crippen LogP contribution in [0.3, 0.4) is 0 Å². The van der Waals surface area contributed by atoms with Gasteiger partial charge >= 0.3 is 0 Å². The zero-order chi connectivity index (χ0) is 14.2. The van der Waals surface area contributed by atoms with Gasteiger partial charge in [0.05, 0.1) is 0 Å². The average Bonchev–Trinajstić information content (AvgIpc) is 2.49. The van der Waals surface area contributed by atoms with E-state index in [1.807, 2.05) is 12.4 Å². The molecule has 0 radical (unpaired) electrons. The monoisotopic (exact) mass is 286 g/mol. The minimum Gasteiger partial charge on any atom is -0.310 e. The summed E-state index contributed by atoms with van der Waals surface area (Å²) in [5.41, 5.74) is 1.35. The van der Waals surface area contributed by atoms with Gasteiger partial charge in [-0.15, -0.1) is 0 Å². The van der Waals surface area contributed by atoms with E-state index in [1.54, 1.807) is 0 Å². The number of benzene rings is 1. The molecule has 0 aliphatic carbocycles. The van der Waals surface area contributed by atoms with Crippen LogP contribution in [0.1, 0.15) is 58.9 Å². The van der Waals surface area contributed by atoms with Crippen LogP contribution in [0.5, 0.6) is 0 Å². The molecule has 2 rings (SSSR count). The van der Waals surface area contributed by atoms with Crippen LogP contribution in [0.2, 0.25) is 0 Å². The highest BCUT2D eigenvalue weighted by atomic mass is 14.9. The van der Waals surface area contributed by atoms with Crippen LogP contribution in [-0.2, 0) is 6.54 Å². The maximum atomic E-state index is 4.15. The molecule has 0 spiro atoms. The number of hydrogen-bond acceptors (Lipinski definition) is 2. The molecular weight excluding hydrogens is 256 g/mol. The quantitative estimate of drug-likeness (QED) is 0.664. The van der Waals surface area contributed by atoms with Crippen LogP contribution < -0.4 is 5.32 Å². The average molecular weight is 286 g/mol. The van der Waals surface area contributed by atoms with Crippen molar-refractivity contribution in [1.29, 1.82) is 0 Å². The number of nitrogens with zero attached hydrogens (tertiary/aromatic N) is 1. The zero-order valence-corrected chi connectivity index (χ0v) is 12.7. The second kappa shape index (κ2) is 9.51. The molecule has 0 amide bonds. The Morgan fingerprint density at radius 3 is 2.76 bits per heavy atom. The highest BCUT2D eigenvalue weighted by Crippen LogP contribution is 2.14. The molecule has 0 bridgehead atoms. The fraction of sp³-hybridized carbons (Fsp3) is 0.526. The molecule has 2 heteroatoms. The SMILES string of the molecule is C.CCCCCC[C@H](C)NCc1ccc2cnccc2c1. The van der Waals surface area contributed by atoms with Crippen molar-refractivity contribution in [1.82, 2.24) is 10.3 Å². The van der Waals surface area contributed by atoms with Gasteiger partial charge in [0.25, 0.3) is 0 Å². The van der Waals surface area contributed by atoms with E-state index in [0.717, 1.165) is 6.54 Å². The van der Waals surface area contributed by atoms with E-state index in [4.69, 9.17) is 0 Å². The Labute approximate surface area is 130 Å². The van der Waals surface area contributed by atoms with Crippen molar-refractivity contribution >= 4 is 10.8 Å². The van der Waals surface area contributed by atoms with Gasteiger partial charge in [-0.2, -0.15) is 0 Å².